The van der Waals surface area contributed by atoms with E-state index in [0.717, 1.165) is 36.0 Å². The number of nitrogens with one attached hydrogen (secondary N) is 1. The lowest BCUT2D eigenvalue weighted by Gasteiger charge is -2.32. The van der Waals surface area contributed by atoms with E-state index in [1.165, 1.54) is 0 Å². The largest absolute Gasteiger partial charge is 0.310 e. The van der Waals surface area contributed by atoms with Crippen molar-refractivity contribution in [3.63, 3.8) is 0 Å². The van der Waals surface area contributed by atoms with Gasteiger partial charge < -0.3 is 10.2 Å². The third-order valence-corrected chi connectivity index (χ3v) is 3.67. The predicted octanol–water partition coefficient (Wildman–Crippen LogP) is 1.95. The molecule has 1 atom stereocenters. The number of para-hydroxylation sites is 1. The Kier molecular flexibility index (Phi) is 3.17. The van der Waals surface area contributed by atoms with Crippen LogP contribution in [0.3, 0.4) is 0 Å². The van der Waals surface area contributed by atoms with E-state index in [4.69, 9.17) is 0 Å². The van der Waals surface area contributed by atoms with Crippen LogP contribution in [0, 0.1) is 0 Å². The fourth-order valence-corrected chi connectivity index (χ4v) is 2.61. The van der Waals surface area contributed by atoms with Gasteiger partial charge in [0.25, 0.3) is 0 Å². The molecule has 4 nitrogen and oxygen atoms in total. The molecule has 1 aromatic carbocycles. The molecule has 2 aromatic rings. The van der Waals surface area contributed by atoms with E-state index in [2.05, 4.69) is 10.3 Å². The zero-order valence-corrected chi connectivity index (χ0v) is 11.0. The maximum atomic E-state index is 12.3. The monoisotopic (exact) mass is 255 g/mol. The topological polar surface area (TPSA) is 45.2 Å². The van der Waals surface area contributed by atoms with E-state index < -0.39 is 0 Å². The molecule has 0 saturated carbocycles. The normalized spacial score (nSPS) is 19.9. The number of benzene rings is 1. The highest BCUT2D eigenvalue weighted by molar-refractivity contribution is 5.99. The van der Waals surface area contributed by atoms with E-state index in [1.807, 2.05) is 42.3 Å². The van der Waals surface area contributed by atoms with Crippen LogP contribution >= 0.6 is 0 Å². The van der Waals surface area contributed by atoms with Gasteiger partial charge in [-0.3, -0.25) is 9.78 Å². The van der Waals surface area contributed by atoms with Crippen LogP contribution in [-0.4, -0.2) is 30.5 Å². The first-order valence-corrected chi connectivity index (χ1v) is 6.63. The summed E-state index contributed by atoms with van der Waals surface area (Å²) in [6, 6.07) is 9.93. The Hall–Kier alpha value is -1.94. The minimum absolute atomic E-state index is 0.0692. The van der Waals surface area contributed by atoms with Gasteiger partial charge in [0.15, 0.2) is 0 Å². The number of nitrogens with zero attached hydrogens (tertiary/aromatic N) is 2. The minimum atomic E-state index is -0.0692. The van der Waals surface area contributed by atoms with Crippen molar-refractivity contribution >= 4 is 22.5 Å². The summed E-state index contributed by atoms with van der Waals surface area (Å²) in [6.45, 7) is 0.775. The van der Waals surface area contributed by atoms with Crippen molar-refractivity contribution in [1.29, 1.82) is 0 Å². The fourth-order valence-electron chi connectivity index (χ4n) is 2.61. The molecule has 1 amide bonds. The van der Waals surface area contributed by atoms with Crippen molar-refractivity contribution < 1.29 is 4.79 Å². The summed E-state index contributed by atoms with van der Waals surface area (Å²) in [5.41, 5.74) is 1.85. The number of amides is 1. The number of fused-ring (bicyclic) bond motifs is 1. The van der Waals surface area contributed by atoms with Gasteiger partial charge in [-0.25, -0.2) is 0 Å². The van der Waals surface area contributed by atoms with Gasteiger partial charge in [0, 0.05) is 11.9 Å². The summed E-state index contributed by atoms with van der Waals surface area (Å²) in [4.78, 5) is 18.6. The predicted molar refractivity (Wildman–Crippen MR) is 76.2 cm³/mol. The number of carbonyl (C=O) groups is 1. The summed E-state index contributed by atoms with van der Waals surface area (Å²) in [7, 11) is 1.84. The number of rotatable bonds is 2. The van der Waals surface area contributed by atoms with E-state index in [0.29, 0.717) is 0 Å². The molecule has 19 heavy (non-hydrogen) atoms. The van der Waals surface area contributed by atoms with Crippen LogP contribution in [0.25, 0.3) is 10.9 Å². The van der Waals surface area contributed by atoms with Crippen molar-refractivity contribution in [3.8, 4) is 0 Å². The molecule has 0 aliphatic carbocycles. The van der Waals surface area contributed by atoms with Gasteiger partial charge in [0.1, 0.15) is 0 Å². The lowest BCUT2D eigenvalue weighted by Crippen LogP contribution is -2.49. The number of likely N-dealkylation sites (N-methyl/N-ethyl adjacent to an activating group) is 1. The van der Waals surface area contributed by atoms with Crippen LogP contribution in [0.2, 0.25) is 0 Å². The quantitative estimate of drug-likeness (QED) is 0.892. The lowest BCUT2D eigenvalue weighted by molar-refractivity contribution is -0.121. The number of piperidine rings is 1. The Bertz CT molecular complexity index is 611. The Morgan fingerprint density at radius 2 is 2.21 bits per heavy atom. The fraction of sp³-hybridized carbons (Fsp3) is 0.333. The van der Waals surface area contributed by atoms with Crippen LogP contribution in [-0.2, 0) is 4.79 Å². The summed E-state index contributed by atoms with van der Waals surface area (Å²) in [5.74, 6) is 0.144. The first-order chi connectivity index (χ1) is 9.29. The molecule has 1 N–H and O–H groups in total. The van der Waals surface area contributed by atoms with Crippen LogP contribution in [0.15, 0.2) is 36.5 Å². The van der Waals surface area contributed by atoms with Crippen molar-refractivity contribution in [3.05, 3.63) is 36.5 Å². The number of hydrogen-bond acceptors (Lipinski definition) is 3. The summed E-state index contributed by atoms with van der Waals surface area (Å²) >= 11 is 0. The molecule has 1 aromatic heterocycles. The van der Waals surface area contributed by atoms with Crippen molar-refractivity contribution in [2.75, 3.05) is 18.5 Å². The summed E-state index contributed by atoms with van der Waals surface area (Å²) in [6.07, 6.45) is 3.72. The van der Waals surface area contributed by atoms with E-state index in [-0.39, 0.29) is 11.9 Å². The number of pyridine rings is 1. The van der Waals surface area contributed by atoms with Crippen molar-refractivity contribution in [2.45, 2.75) is 18.9 Å². The highest BCUT2D eigenvalue weighted by Gasteiger charge is 2.28. The van der Waals surface area contributed by atoms with Crippen molar-refractivity contribution in [1.82, 2.24) is 10.3 Å². The Morgan fingerprint density at radius 3 is 3.05 bits per heavy atom. The van der Waals surface area contributed by atoms with Crippen molar-refractivity contribution in [2.24, 2.45) is 0 Å². The summed E-state index contributed by atoms with van der Waals surface area (Å²) in [5, 5.41) is 4.15. The second kappa shape index (κ2) is 4.97. The maximum Gasteiger partial charge on any atom is 0.244 e. The van der Waals surface area contributed by atoms with E-state index in [9.17, 15) is 4.79 Å². The minimum Gasteiger partial charge on any atom is -0.310 e. The van der Waals surface area contributed by atoms with Gasteiger partial charge in [-0.2, -0.15) is 0 Å². The molecule has 1 aliphatic heterocycles. The third kappa shape index (κ3) is 2.19. The molecule has 0 spiro atoms. The Labute approximate surface area is 112 Å². The SMILES string of the molecule is CNC1CCCN(c2cnc3ccccc3c2)C1=O. The first kappa shape index (κ1) is 12.1. The molecule has 0 bridgehead atoms. The number of hydrogen-bond donors (Lipinski definition) is 1. The average Bonchev–Trinajstić information content (AvgIpc) is 2.47. The molecular weight excluding hydrogens is 238 g/mol. The van der Waals surface area contributed by atoms with Gasteiger partial charge in [-0.05, 0) is 32.0 Å². The Balaban J connectivity index is 1.97. The molecule has 1 fully saturated rings. The van der Waals surface area contributed by atoms with Gasteiger partial charge in [0.05, 0.1) is 23.4 Å². The third-order valence-electron chi connectivity index (χ3n) is 3.67. The van der Waals surface area contributed by atoms with Gasteiger partial charge in [-0.15, -0.1) is 0 Å². The Morgan fingerprint density at radius 1 is 1.37 bits per heavy atom. The number of anilines is 1. The molecule has 0 radical (unpaired) electrons. The van der Waals surface area contributed by atoms with Crippen LogP contribution < -0.4 is 10.2 Å². The van der Waals surface area contributed by atoms with Crippen LogP contribution in [0.1, 0.15) is 12.8 Å². The highest BCUT2D eigenvalue weighted by atomic mass is 16.2. The molecule has 1 aliphatic rings. The molecule has 98 valence electrons. The standard InChI is InChI=1S/C15H17N3O/c1-16-14-7-4-8-18(15(14)19)12-9-11-5-2-3-6-13(11)17-10-12/h2-3,5-6,9-10,14,16H,4,7-8H2,1H3. The van der Waals surface area contributed by atoms with Gasteiger partial charge in [0.2, 0.25) is 5.91 Å². The zero-order chi connectivity index (χ0) is 13.2. The summed E-state index contributed by atoms with van der Waals surface area (Å²) < 4.78 is 0. The van der Waals surface area contributed by atoms with Gasteiger partial charge >= 0.3 is 0 Å². The van der Waals surface area contributed by atoms with Gasteiger partial charge in [-0.1, -0.05) is 18.2 Å². The zero-order valence-electron chi connectivity index (χ0n) is 11.0. The molecule has 1 saturated heterocycles. The highest BCUT2D eigenvalue weighted by Crippen LogP contribution is 2.23. The molecule has 4 heteroatoms. The smallest absolute Gasteiger partial charge is 0.244 e. The van der Waals surface area contributed by atoms with Crippen LogP contribution in [0.4, 0.5) is 5.69 Å². The second-order valence-electron chi connectivity index (χ2n) is 4.86. The average molecular weight is 255 g/mol. The molecular formula is C15H17N3O. The molecule has 3 rings (SSSR count). The maximum absolute atomic E-state index is 12.3. The number of aromatic nitrogens is 1. The second-order valence-corrected chi connectivity index (χ2v) is 4.86. The lowest BCUT2D eigenvalue weighted by atomic mass is 10.0. The van der Waals surface area contributed by atoms with E-state index >= 15 is 0 Å². The first-order valence-electron chi connectivity index (χ1n) is 6.63. The molecule has 2 heterocycles. The number of carbonyl (C=O) groups excluding carboxylic acids is 1. The van der Waals surface area contributed by atoms with Crippen LogP contribution in [0.5, 0.6) is 0 Å². The molecule has 1 unspecified atom stereocenters. The van der Waals surface area contributed by atoms with E-state index in [1.54, 1.807) is 6.20 Å².